The molecule has 6 nitrogen and oxygen atoms in total. The number of piperidine rings is 1. The highest BCUT2D eigenvalue weighted by molar-refractivity contribution is 6.42. The fourth-order valence-electron chi connectivity index (χ4n) is 3.57. The number of benzene rings is 2. The average Bonchev–Trinajstić information content (AvgIpc) is 2.95. The van der Waals surface area contributed by atoms with Crippen LogP contribution < -0.4 is 9.64 Å². The van der Waals surface area contributed by atoms with Crippen molar-refractivity contribution in [2.75, 3.05) is 18.0 Å². The second-order valence-corrected chi connectivity index (χ2v) is 7.73. The summed E-state index contributed by atoms with van der Waals surface area (Å²) in [5.41, 5.74) is 0.210. The van der Waals surface area contributed by atoms with Crippen LogP contribution >= 0.6 is 23.2 Å². The Morgan fingerprint density at radius 2 is 1.76 bits per heavy atom. The fraction of sp³-hybridized carbons (Fsp3) is 0.238. The van der Waals surface area contributed by atoms with Gasteiger partial charge in [-0.2, -0.15) is 0 Å². The zero-order valence-electron chi connectivity index (χ0n) is 15.4. The Hall–Kier alpha value is -2.70. The van der Waals surface area contributed by atoms with Gasteiger partial charge in [-0.1, -0.05) is 48.0 Å². The lowest BCUT2D eigenvalue weighted by Crippen LogP contribution is -2.48. The van der Waals surface area contributed by atoms with Gasteiger partial charge in [0.2, 0.25) is 0 Å². The maximum Gasteiger partial charge on any atom is 0.419 e. The van der Waals surface area contributed by atoms with Crippen molar-refractivity contribution in [2.24, 2.45) is 0 Å². The van der Waals surface area contributed by atoms with Gasteiger partial charge in [0.15, 0.2) is 5.60 Å². The molecule has 0 radical (unpaired) electrons. The van der Waals surface area contributed by atoms with E-state index in [9.17, 15) is 9.59 Å². The monoisotopic (exact) mass is 432 g/mol. The van der Waals surface area contributed by atoms with Gasteiger partial charge in [0.1, 0.15) is 5.75 Å². The first kappa shape index (κ1) is 19.6. The van der Waals surface area contributed by atoms with Crippen LogP contribution in [0, 0.1) is 0 Å². The fourth-order valence-corrected chi connectivity index (χ4v) is 3.86. The topological polar surface area (TPSA) is 59.1 Å². The molecule has 2 aliphatic heterocycles. The van der Waals surface area contributed by atoms with Crippen molar-refractivity contribution in [1.29, 1.82) is 0 Å². The maximum absolute atomic E-state index is 12.6. The number of para-hydroxylation sites is 1. The van der Waals surface area contributed by atoms with Crippen molar-refractivity contribution in [3.63, 3.8) is 0 Å². The molecule has 0 N–H and O–H groups in total. The van der Waals surface area contributed by atoms with Crippen LogP contribution in [0.1, 0.15) is 12.8 Å². The molecule has 1 spiro atoms. The van der Waals surface area contributed by atoms with E-state index in [2.05, 4.69) is 6.58 Å². The summed E-state index contributed by atoms with van der Waals surface area (Å²) >= 11 is 12.1. The summed E-state index contributed by atoms with van der Waals surface area (Å²) in [7, 11) is 0. The number of ether oxygens (including phenoxy) is 2. The van der Waals surface area contributed by atoms with E-state index in [1.54, 1.807) is 47.4 Å². The first-order chi connectivity index (χ1) is 13.9. The molecular formula is C21H18Cl2N2O4. The third-order valence-corrected chi connectivity index (χ3v) is 5.94. The Morgan fingerprint density at radius 3 is 2.41 bits per heavy atom. The SMILES string of the molecule is C=C1N(c2ccc(Cl)c(Cl)c2)C(=O)OC12CCN(C(=O)Oc1ccccc1)CC2. The van der Waals surface area contributed by atoms with Crippen LogP contribution in [0.5, 0.6) is 5.75 Å². The molecule has 0 unspecified atom stereocenters. The largest absolute Gasteiger partial charge is 0.436 e. The third kappa shape index (κ3) is 3.66. The maximum atomic E-state index is 12.6. The number of likely N-dealkylation sites (tertiary alicyclic amines) is 1. The van der Waals surface area contributed by atoms with E-state index in [1.165, 1.54) is 4.90 Å². The van der Waals surface area contributed by atoms with Crippen molar-refractivity contribution >= 4 is 41.1 Å². The van der Waals surface area contributed by atoms with Crippen molar-refractivity contribution in [1.82, 2.24) is 4.90 Å². The van der Waals surface area contributed by atoms with E-state index in [0.717, 1.165) is 0 Å². The summed E-state index contributed by atoms with van der Waals surface area (Å²) in [5.74, 6) is 0.486. The number of amides is 2. The Labute approximate surface area is 178 Å². The summed E-state index contributed by atoms with van der Waals surface area (Å²) in [5, 5.41) is 0.734. The van der Waals surface area contributed by atoms with E-state index in [0.29, 0.717) is 53.1 Å². The molecule has 2 fully saturated rings. The Kier molecular flexibility index (Phi) is 5.15. The molecule has 0 aromatic heterocycles. The second kappa shape index (κ2) is 7.61. The van der Waals surface area contributed by atoms with Gasteiger partial charge in [-0.3, -0.25) is 0 Å². The number of hydrogen-bond acceptors (Lipinski definition) is 4. The van der Waals surface area contributed by atoms with Crippen LogP contribution in [-0.2, 0) is 4.74 Å². The lowest BCUT2D eigenvalue weighted by molar-refractivity contribution is 0.0191. The standard InChI is InChI=1S/C21H18Cl2N2O4/c1-14-21(29-20(27)25(14)15-7-8-17(22)18(23)13-15)9-11-24(12-10-21)19(26)28-16-5-3-2-4-6-16/h2-8,13H,1,9-12H2. The Bertz CT molecular complexity index is 972. The Balaban J connectivity index is 1.45. The average molecular weight is 433 g/mol. The quantitative estimate of drug-likeness (QED) is 0.628. The number of carbonyl (C=O) groups excluding carboxylic acids is 2. The van der Waals surface area contributed by atoms with Gasteiger partial charge in [-0.05, 0) is 30.3 Å². The number of hydrogen-bond donors (Lipinski definition) is 0. The molecule has 8 heteroatoms. The van der Waals surface area contributed by atoms with Crippen LogP contribution in [0.3, 0.4) is 0 Å². The zero-order valence-corrected chi connectivity index (χ0v) is 16.9. The number of carbonyl (C=O) groups is 2. The van der Waals surface area contributed by atoms with Gasteiger partial charge in [0.05, 0.1) is 21.4 Å². The highest BCUT2D eigenvalue weighted by Gasteiger charge is 2.51. The number of halogens is 2. The highest BCUT2D eigenvalue weighted by Crippen LogP contribution is 2.43. The van der Waals surface area contributed by atoms with E-state index in [4.69, 9.17) is 32.7 Å². The summed E-state index contributed by atoms with van der Waals surface area (Å²) in [6.07, 6.45) is -0.0884. The normalized spacial score (nSPS) is 18.1. The van der Waals surface area contributed by atoms with Gasteiger partial charge in [-0.25, -0.2) is 14.5 Å². The summed E-state index contributed by atoms with van der Waals surface area (Å²) in [6, 6.07) is 13.8. The molecule has 0 bridgehead atoms. The van der Waals surface area contributed by atoms with Crippen molar-refractivity contribution in [2.45, 2.75) is 18.4 Å². The molecule has 2 aromatic carbocycles. The zero-order chi connectivity index (χ0) is 20.6. The minimum absolute atomic E-state index is 0.337. The number of anilines is 1. The minimum Gasteiger partial charge on any atom is -0.436 e. The first-order valence-corrected chi connectivity index (χ1v) is 9.84. The smallest absolute Gasteiger partial charge is 0.419 e. The lowest BCUT2D eigenvalue weighted by atomic mass is 9.88. The van der Waals surface area contributed by atoms with Crippen molar-refractivity contribution in [3.8, 4) is 5.75 Å². The summed E-state index contributed by atoms with van der Waals surface area (Å²) in [4.78, 5) is 28.0. The van der Waals surface area contributed by atoms with Gasteiger partial charge >= 0.3 is 12.2 Å². The molecule has 2 heterocycles. The van der Waals surface area contributed by atoms with Crippen LogP contribution in [0.15, 0.2) is 60.8 Å². The predicted octanol–water partition coefficient (Wildman–Crippen LogP) is 5.50. The predicted molar refractivity (Wildman–Crippen MR) is 111 cm³/mol. The molecule has 0 aliphatic carbocycles. The van der Waals surface area contributed by atoms with E-state index in [-0.39, 0.29) is 0 Å². The summed E-state index contributed by atoms with van der Waals surface area (Å²) in [6.45, 7) is 4.86. The van der Waals surface area contributed by atoms with E-state index >= 15 is 0 Å². The van der Waals surface area contributed by atoms with Crippen LogP contribution in [0.25, 0.3) is 0 Å². The van der Waals surface area contributed by atoms with Crippen LogP contribution in [0.4, 0.5) is 15.3 Å². The number of nitrogens with zero attached hydrogens (tertiary/aromatic N) is 2. The number of rotatable bonds is 2. The molecule has 29 heavy (non-hydrogen) atoms. The molecule has 4 rings (SSSR count). The molecule has 0 saturated carbocycles. The van der Waals surface area contributed by atoms with Crippen molar-refractivity contribution in [3.05, 3.63) is 70.9 Å². The van der Waals surface area contributed by atoms with Gasteiger partial charge in [0, 0.05) is 25.9 Å². The van der Waals surface area contributed by atoms with Gasteiger partial charge in [0.25, 0.3) is 0 Å². The highest BCUT2D eigenvalue weighted by atomic mass is 35.5. The van der Waals surface area contributed by atoms with Crippen LogP contribution in [-0.4, -0.2) is 35.8 Å². The molecule has 2 aromatic rings. The lowest BCUT2D eigenvalue weighted by Gasteiger charge is -2.37. The summed E-state index contributed by atoms with van der Waals surface area (Å²) < 4.78 is 11.1. The molecular weight excluding hydrogens is 415 g/mol. The molecule has 2 aliphatic rings. The second-order valence-electron chi connectivity index (χ2n) is 6.91. The van der Waals surface area contributed by atoms with E-state index in [1.807, 2.05) is 6.07 Å². The van der Waals surface area contributed by atoms with Crippen LogP contribution in [0.2, 0.25) is 10.0 Å². The van der Waals surface area contributed by atoms with Crippen molar-refractivity contribution < 1.29 is 19.1 Å². The first-order valence-electron chi connectivity index (χ1n) is 9.09. The molecule has 0 atom stereocenters. The van der Waals surface area contributed by atoms with Gasteiger partial charge in [-0.15, -0.1) is 0 Å². The third-order valence-electron chi connectivity index (χ3n) is 5.20. The minimum atomic E-state index is -0.854. The van der Waals surface area contributed by atoms with E-state index < -0.39 is 17.8 Å². The molecule has 150 valence electrons. The Morgan fingerprint density at radius 1 is 1.07 bits per heavy atom. The van der Waals surface area contributed by atoms with Gasteiger partial charge < -0.3 is 14.4 Å². The molecule has 2 saturated heterocycles. The molecule has 2 amide bonds.